The van der Waals surface area contributed by atoms with E-state index in [0.717, 1.165) is 31.5 Å². The molecular formula is C20H29Cl2N5O2. The first-order chi connectivity index (χ1) is 13.1. The molecule has 0 saturated carbocycles. The average Bonchev–Trinajstić information content (AvgIpc) is 3.20. The summed E-state index contributed by atoms with van der Waals surface area (Å²) in [6.07, 6.45) is 4.17. The lowest BCUT2D eigenvalue weighted by Gasteiger charge is -2.28. The first-order valence-corrected chi connectivity index (χ1v) is 9.48. The van der Waals surface area contributed by atoms with Gasteiger partial charge in [-0.25, -0.2) is 0 Å². The minimum Gasteiger partial charge on any atom is -0.341 e. The van der Waals surface area contributed by atoms with Crippen LogP contribution in [0.1, 0.15) is 37.8 Å². The van der Waals surface area contributed by atoms with Crippen LogP contribution in [0.5, 0.6) is 0 Å². The summed E-state index contributed by atoms with van der Waals surface area (Å²) in [5, 5.41) is 15.6. The van der Waals surface area contributed by atoms with Crippen LogP contribution in [0.15, 0.2) is 42.6 Å². The fourth-order valence-electron chi connectivity index (χ4n) is 3.57. The monoisotopic (exact) mass is 441 g/mol. The van der Waals surface area contributed by atoms with Crippen molar-refractivity contribution in [2.75, 3.05) is 18.4 Å². The Kier molecular flexibility index (Phi) is 10.7. The van der Waals surface area contributed by atoms with Crippen molar-refractivity contribution in [1.82, 2.24) is 20.8 Å². The SMILES string of the molecule is CC(CC(=O)NC(C(=O)Nc1ccn[nH]1)c1ccccc1)C1CCNCC1.Cl.Cl. The van der Waals surface area contributed by atoms with Crippen LogP contribution in [0.4, 0.5) is 5.82 Å². The standard InChI is InChI=1S/C20H27N5O2.2ClH/c1-14(15-7-10-21-11-8-15)13-18(26)24-19(16-5-3-2-4-6-16)20(27)23-17-9-12-22-25-17;;/h2-6,9,12,14-15,19,21H,7-8,10-11,13H2,1H3,(H,24,26)(H2,22,23,25,27);2*1H. The fourth-order valence-corrected chi connectivity index (χ4v) is 3.57. The van der Waals surface area contributed by atoms with E-state index in [0.29, 0.717) is 24.1 Å². The lowest BCUT2D eigenvalue weighted by atomic mass is 9.84. The van der Waals surface area contributed by atoms with Crippen molar-refractivity contribution in [2.24, 2.45) is 11.8 Å². The van der Waals surface area contributed by atoms with E-state index >= 15 is 0 Å². The van der Waals surface area contributed by atoms with E-state index in [1.165, 1.54) is 0 Å². The molecule has 1 aromatic heterocycles. The number of anilines is 1. The van der Waals surface area contributed by atoms with Crippen LogP contribution in [0, 0.1) is 11.8 Å². The lowest BCUT2D eigenvalue weighted by Crippen LogP contribution is -2.39. The zero-order chi connectivity index (χ0) is 19.1. The number of hydrogen-bond donors (Lipinski definition) is 4. The predicted octanol–water partition coefficient (Wildman–Crippen LogP) is 3.08. The molecule has 2 amide bonds. The van der Waals surface area contributed by atoms with Crippen LogP contribution in [0.25, 0.3) is 0 Å². The Hall–Kier alpha value is -2.09. The summed E-state index contributed by atoms with van der Waals surface area (Å²) in [6, 6.07) is 10.2. The van der Waals surface area contributed by atoms with Gasteiger partial charge in [0.2, 0.25) is 5.91 Å². The van der Waals surface area contributed by atoms with E-state index < -0.39 is 6.04 Å². The van der Waals surface area contributed by atoms with Gasteiger partial charge in [0.1, 0.15) is 11.9 Å². The summed E-state index contributed by atoms with van der Waals surface area (Å²) in [5.41, 5.74) is 0.748. The minimum absolute atomic E-state index is 0. The molecule has 1 saturated heterocycles. The number of amides is 2. The number of H-pyrrole nitrogens is 1. The minimum atomic E-state index is -0.748. The first-order valence-electron chi connectivity index (χ1n) is 9.48. The number of nitrogens with zero attached hydrogens (tertiary/aromatic N) is 1. The molecule has 2 heterocycles. The van der Waals surface area contributed by atoms with Gasteiger partial charge >= 0.3 is 0 Å². The van der Waals surface area contributed by atoms with Gasteiger partial charge in [0, 0.05) is 12.5 Å². The van der Waals surface area contributed by atoms with E-state index in [2.05, 4.69) is 33.1 Å². The summed E-state index contributed by atoms with van der Waals surface area (Å²) < 4.78 is 0. The van der Waals surface area contributed by atoms with Crippen molar-refractivity contribution in [3.63, 3.8) is 0 Å². The molecule has 1 aliphatic heterocycles. The van der Waals surface area contributed by atoms with Crippen molar-refractivity contribution >= 4 is 42.4 Å². The number of rotatable bonds is 7. The Bertz CT molecular complexity index is 737. The van der Waals surface area contributed by atoms with Crippen LogP contribution >= 0.6 is 24.8 Å². The van der Waals surface area contributed by atoms with Crippen LogP contribution in [0.3, 0.4) is 0 Å². The average molecular weight is 442 g/mol. The summed E-state index contributed by atoms with van der Waals surface area (Å²) in [6.45, 7) is 4.14. The largest absolute Gasteiger partial charge is 0.341 e. The van der Waals surface area contributed by atoms with Crippen molar-refractivity contribution < 1.29 is 9.59 Å². The highest BCUT2D eigenvalue weighted by molar-refractivity contribution is 5.97. The van der Waals surface area contributed by atoms with Crippen LogP contribution < -0.4 is 16.0 Å². The van der Waals surface area contributed by atoms with Crippen molar-refractivity contribution in [2.45, 2.75) is 32.2 Å². The summed E-state index contributed by atoms with van der Waals surface area (Å²) in [7, 11) is 0. The number of piperidine rings is 1. The number of carbonyl (C=O) groups is 2. The molecule has 0 bridgehead atoms. The molecule has 0 spiro atoms. The van der Waals surface area contributed by atoms with Gasteiger partial charge in [-0.15, -0.1) is 24.8 Å². The number of benzene rings is 1. The molecule has 3 rings (SSSR count). The Balaban J connectivity index is 0.00000210. The van der Waals surface area contributed by atoms with E-state index in [1.807, 2.05) is 30.3 Å². The number of hydrogen-bond acceptors (Lipinski definition) is 4. The highest BCUT2D eigenvalue weighted by Gasteiger charge is 2.26. The molecule has 2 atom stereocenters. The quantitative estimate of drug-likeness (QED) is 0.530. The summed E-state index contributed by atoms with van der Waals surface area (Å²) >= 11 is 0. The molecule has 1 aliphatic rings. The third kappa shape index (κ3) is 7.34. The molecule has 0 radical (unpaired) electrons. The molecule has 9 heteroatoms. The molecule has 160 valence electrons. The molecular weight excluding hydrogens is 413 g/mol. The second kappa shape index (κ2) is 12.5. The van der Waals surface area contributed by atoms with Gasteiger partial charge in [-0.3, -0.25) is 14.7 Å². The number of aromatic nitrogens is 2. The maximum atomic E-state index is 12.8. The zero-order valence-corrected chi connectivity index (χ0v) is 18.0. The maximum Gasteiger partial charge on any atom is 0.252 e. The predicted molar refractivity (Wildman–Crippen MR) is 118 cm³/mol. The maximum absolute atomic E-state index is 12.8. The number of aromatic amines is 1. The Morgan fingerprint density at radius 2 is 1.83 bits per heavy atom. The van der Waals surface area contributed by atoms with Crippen molar-refractivity contribution in [3.8, 4) is 0 Å². The van der Waals surface area contributed by atoms with Gasteiger partial charge < -0.3 is 16.0 Å². The highest BCUT2D eigenvalue weighted by Crippen LogP contribution is 2.25. The van der Waals surface area contributed by atoms with E-state index in [9.17, 15) is 9.59 Å². The van der Waals surface area contributed by atoms with Gasteiger partial charge in [-0.2, -0.15) is 5.10 Å². The second-order valence-corrected chi connectivity index (χ2v) is 7.14. The van der Waals surface area contributed by atoms with E-state index in [1.54, 1.807) is 12.3 Å². The number of carbonyl (C=O) groups excluding carboxylic acids is 2. The highest BCUT2D eigenvalue weighted by atomic mass is 35.5. The molecule has 1 fully saturated rings. The molecule has 7 nitrogen and oxygen atoms in total. The first kappa shape index (κ1) is 24.9. The third-order valence-electron chi connectivity index (χ3n) is 5.15. The summed E-state index contributed by atoms with van der Waals surface area (Å²) in [4.78, 5) is 25.4. The van der Waals surface area contributed by atoms with E-state index in [4.69, 9.17) is 0 Å². The Labute approximate surface area is 183 Å². The van der Waals surface area contributed by atoms with Gasteiger partial charge in [-0.1, -0.05) is 37.3 Å². The fraction of sp³-hybridized carbons (Fsp3) is 0.450. The van der Waals surface area contributed by atoms with Crippen molar-refractivity contribution in [3.05, 3.63) is 48.2 Å². The van der Waals surface area contributed by atoms with Gasteiger partial charge in [0.25, 0.3) is 5.91 Å². The van der Waals surface area contributed by atoms with Crippen LogP contribution in [-0.4, -0.2) is 35.1 Å². The molecule has 29 heavy (non-hydrogen) atoms. The van der Waals surface area contributed by atoms with Crippen LogP contribution in [0.2, 0.25) is 0 Å². The second-order valence-electron chi connectivity index (χ2n) is 7.14. The number of nitrogens with one attached hydrogen (secondary N) is 4. The van der Waals surface area contributed by atoms with Gasteiger partial charge in [-0.05, 0) is 43.3 Å². The topological polar surface area (TPSA) is 98.9 Å². The Morgan fingerprint density at radius 3 is 2.45 bits per heavy atom. The van der Waals surface area contributed by atoms with Gasteiger partial charge in [0.15, 0.2) is 0 Å². The van der Waals surface area contributed by atoms with Crippen molar-refractivity contribution in [1.29, 1.82) is 0 Å². The number of halogens is 2. The normalized spacial score (nSPS) is 15.9. The van der Waals surface area contributed by atoms with Crippen LogP contribution in [-0.2, 0) is 9.59 Å². The Morgan fingerprint density at radius 1 is 1.14 bits per heavy atom. The molecule has 2 aromatic rings. The molecule has 4 N–H and O–H groups in total. The molecule has 0 aliphatic carbocycles. The third-order valence-corrected chi connectivity index (χ3v) is 5.15. The lowest BCUT2D eigenvalue weighted by molar-refractivity contribution is -0.127. The van der Waals surface area contributed by atoms with E-state index in [-0.39, 0.29) is 36.6 Å². The van der Waals surface area contributed by atoms with Gasteiger partial charge in [0.05, 0.1) is 6.20 Å². The smallest absolute Gasteiger partial charge is 0.252 e. The zero-order valence-electron chi connectivity index (χ0n) is 16.4. The molecule has 1 aromatic carbocycles. The molecule has 2 unspecified atom stereocenters. The summed E-state index contributed by atoms with van der Waals surface area (Å²) in [5.74, 6) is 0.936.